The van der Waals surface area contributed by atoms with E-state index in [1.807, 2.05) is 6.92 Å². The van der Waals surface area contributed by atoms with Crippen LogP contribution in [0.2, 0.25) is 0 Å². The van der Waals surface area contributed by atoms with Crippen LogP contribution in [0, 0.1) is 12.7 Å². The maximum atomic E-state index is 13.3. The molecule has 0 radical (unpaired) electrons. The topological polar surface area (TPSA) is 92.3 Å². The van der Waals surface area contributed by atoms with E-state index in [4.69, 9.17) is 0 Å². The lowest BCUT2D eigenvalue weighted by molar-refractivity contribution is 0.102. The van der Waals surface area contributed by atoms with E-state index in [0.717, 1.165) is 16.9 Å². The quantitative estimate of drug-likeness (QED) is 0.644. The van der Waals surface area contributed by atoms with Crippen molar-refractivity contribution in [3.05, 3.63) is 69.9 Å². The van der Waals surface area contributed by atoms with Gasteiger partial charge in [0.2, 0.25) is 15.0 Å². The number of rotatable bonds is 5. The minimum absolute atomic E-state index is 0.0915. The SMILES string of the molecule is Cc1ccc(S(=O)(=O)N2CCC[C@H]2c2nnc(C(=O)Nc3cccc(F)c3)s2)cc1. The van der Waals surface area contributed by atoms with Crippen LogP contribution >= 0.6 is 11.3 Å². The van der Waals surface area contributed by atoms with E-state index in [2.05, 4.69) is 15.5 Å². The Balaban J connectivity index is 1.54. The van der Waals surface area contributed by atoms with E-state index in [0.29, 0.717) is 30.1 Å². The Morgan fingerprint density at radius 1 is 1.20 bits per heavy atom. The van der Waals surface area contributed by atoms with Crippen LogP contribution in [0.4, 0.5) is 10.1 Å². The fraction of sp³-hybridized carbons (Fsp3) is 0.250. The van der Waals surface area contributed by atoms with Gasteiger partial charge in [-0.25, -0.2) is 12.8 Å². The number of carbonyl (C=O) groups is 1. The lowest BCUT2D eigenvalue weighted by Gasteiger charge is -2.22. The van der Waals surface area contributed by atoms with Gasteiger partial charge in [0.25, 0.3) is 5.91 Å². The molecule has 1 amide bonds. The summed E-state index contributed by atoms with van der Waals surface area (Å²) in [6.45, 7) is 2.28. The van der Waals surface area contributed by atoms with E-state index in [-0.39, 0.29) is 9.90 Å². The van der Waals surface area contributed by atoms with Gasteiger partial charge >= 0.3 is 0 Å². The highest BCUT2D eigenvalue weighted by molar-refractivity contribution is 7.89. The Hall–Kier alpha value is -2.69. The zero-order valence-corrected chi connectivity index (χ0v) is 17.7. The Labute approximate surface area is 177 Å². The lowest BCUT2D eigenvalue weighted by Crippen LogP contribution is -2.30. The minimum Gasteiger partial charge on any atom is -0.320 e. The Kier molecular flexibility index (Phi) is 5.63. The minimum atomic E-state index is -3.69. The molecule has 30 heavy (non-hydrogen) atoms. The van der Waals surface area contributed by atoms with Gasteiger partial charge in [-0.2, -0.15) is 4.31 Å². The van der Waals surface area contributed by atoms with Crippen molar-refractivity contribution in [2.24, 2.45) is 0 Å². The van der Waals surface area contributed by atoms with Crippen molar-refractivity contribution in [1.29, 1.82) is 0 Å². The van der Waals surface area contributed by atoms with Crippen LogP contribution in [0.1, 0.15) is 39.3 Å². The summed E-state index contributed by atoms with van der Waals surface area (Å²) < 4.78 is 41.0. The number of aryl methyl sites for hydroxylation is 1. The number of amides is 1. The van der Waals surface area contributed by atoms with E-state index in [1.54, 1.807) is 30.3 Å². The number of sulfonamides is 1. The number of anilines is 1. The molecule has 0 spiro atoms. The number of halogens is 1. The first-order valence-electron chi connectivity index (χ1n) is 9.33. The molecule has 4 rings (SSSR count). The highest BCUT2D eigenvalue weighted by Gasteiger charge is 2.38. The normalized spacial score (nSPS) is 17.2. The summed E-state index contributed by atoms with van der Waals surface area (Å²) in [5, 5.41) is 11.1. The summed E-state index contributed by atoms with van der Waals surface area (Å²) in [5.41, 5.74) is 1.28. The highest BCUT2D eigenvalue weighted by Crippen LogP contribution is 2.37. The number of nitrogens with one attached hydrogen (secondary N) is 1. The number of hydrogen-bond donors (Lipinski definition) is 1. The molecule has 0 saturated carbocycles. The van der Waals surface area contributed by atoms with Crippen molar-refractivity contribution >= 4 is 33.0 Å². The molecule has 2 heterocycles. The van der Waals surface area contributed by atoms with Crippen molar-refractivity contribution in [2.75, 3.05) is 11.9 Å². The third kappa shape index (κ3) is 4.11. The molecule has 2 aromatic carbocycles. The molecule has 0 unspecified atom stereocenters. The van der Waals surface area contributed by atoms with Gasteiger partial charge in [-0.1, -0.05) is 35.1 Å². The summed E-state index contributed by atoms with van der Waals surface area (Å²) >= 11 is 1.05. The van der Waals surface area contributed by atoms with E-state index < -0.39 is 27.8 Å². The molecule has 1 saturated heterocycles. The predicted molar refractivity (Wildman–Crippen MR) is 111 cm³/mol. The number of carbonyl (C=O) groups excluding carboxylic acids is 1. The molecular weight excluding hydrogens is 427 g/mol. The number of hydrogen-bond acceptors (Lipinski definition) is 6. The Morgan fingerprint density at radius 3 is 2.70 bits per heavy atom. The van der Waals surface area contributed by atoms with Crippen molar-refractivity contribution in [1.82, 2.24) is 14.5 Å². The average molecular weight is 447 g/mol. The van der Waals surface area contributed by atoms with Crippen LogP contribution in [-0.2, 0) is 10.0 Å². The molecule has 1 fully saturated rings. The van der Waals surface area contributed by atoms with Gasteiger partial charge in [-0.05, 0) is 50.1 Å². The summed E-state index contributed by atoms with van der Waals surface area (Å²) in [6.07, 6.45) is 1.30. The molecule has 156 valence electrons. The largest absolute Gasteiger partial charge is 0.320 e. The summed E-state index contributed by atoms with van der Waals surface area (Å²) in [6, 6.07) is 11.8. The van der Waals surface area contributed by atoms with Crippen molar-refractivity contribution in [2.45, 2.75) is 30.7 Å². The van der Waals surface area contributed by atoms with Crippen molar-refractivity contribution in [3.8, 4) is 0 Å². The second kappa shape index (κ2) is 8.21. The third-order valence-electron chi connectivity index (χ3n) is 4.83. The molecule has 1 aliphatic heterocycles. The molecule has 3 aromatic rings. The van der Waals surface area contributed by atoms with E-state index in [9.17, 15) is 17.6 Å². The first-order valence-corrected chi connectivity index (χ1v) is 11.6. The number of benzene rings is 2. The fourth-order valence-corrected chi connectivity index (χ4v) is 5.95. The molecule has 1 N–H and O–H groups in total. The fourth-order valence-electron chi connectivity index (χ4n) is 3.33. The molecule has 1 aromatic heterocycles. The summed E-state index contributed by atoms with van der Waals surface area (Å²) in [5.74, 6) is -0.982. The van der Waals surface area contributed by atoms with Crippen molar-refractivity contribution in [3.63, 3.8) is 0 Å². The van der Waals surface area contributed by atoms with Gasteiger partial charge in [0.05, 0.1) is 10.9 Å². The van der Waals surface area contributed by atoms with Crippen LogP contribution in [0.15, 0.2) is 53.4 Å². The zero-order valence-electron chi connectivity index (χ0n) is 16.1. The maximum absolute atomic E-state index is 13.3. The molecule has 1 aliphatic rings. The number of aromatic nitrogens is 2. The monoisotopic (exact) mass is 446 g/mol. The zero-order chi connectivity index (χ0) is 21.3. The molecule has 0 bridgehead atoms. The van der Waals surface area contributed by atoms with Gasteiger partial charge < -0.3 is 5.32 Å². The maximum Gasteiger partial charge on any atom is 0.286 e. The Morgan fingerprint density at radius 2 is 1.97 bits per heavy atom. The average Bonchev–Trinajstić information content (AvgIpc) is 3.38. The highest BCUT2D eigenvalue weighted by atomic mass is 32.2. The van der Waals surface area contributed by atoms with E-state index in [1.165, 1.54) is 22.5 Å². The molecule has 0 aliphatic carbocycles. The van der Waals surface area contributed by atoms with Crippen molar-refractivity contribution < 1.29 is 17.6 Å². The van der Waals surface area contributed by atoms with Gasteiger partial charge in [0.1, 0.15) is 10.8 Å². The standard InChI is InChI=1S/C20H19FN4O3S2/c1-13-7-9-16(10-8-13)30(27,28)25-11-3-6-17(25)19-23-24-20(29-19)18(26)22-15-5-2-4-14(21)12-15/h2,4-5,7-10,12,17H,3,6,11H2,1H3,(H,22,26)/t17-/m0/s1. The number of nitrogens with zero attached hydrogens (tertiary/aromatic N) is 3. The molecular formula is C20H19FN4O3S2. The first-order chi connectivity index (χ1) is 14.3. The summed E-state index contributed by atoms with van der Waals surface area (Å²) in [7, 11) is -3.69. The Bertz CT molecular complexity index is 1180. The summed E-state index contributed by atoms with van der Waals surface area (Å²) in [4.78, 5) is 12.7. The van der Waals surface area contributed by atoms with Gasteiger partial charge in [0, 0.05) is 12.2 Å². The van der Waals surface area contributed by atoms with Crippen LogP contribution in [0.25, 0.3) is 0 Å². The second-order valence-electron chi connectivity index (χ2n) is 7.00. The van der Waals surface area contributed by atoms with E-state index >= 15 is 0 Å². The first kappa shape index (κ1) is 20.6. The van der Waals surface area contributed by atoms with Crippen LogP contribution < -0.4 is 5.32 Å². The molecule has 10 heteroatoms. The predicted octanol–water partition coefficient (Wildman–Crippen LogP) is 3.76. The van der Waals surface area contributed by atoms with Crippen LogP contribution in [0.5, 0.6) is 0 Å². The lowest BCUT2D eigenvalue weighted by atomic mass is 10.2. The van der Waals surface area contributed by atoms with Gasteiger partial charge in [-0.15, -0.1) is 10.2 Å². The van der Waals surface area contributed by atoms with Crippen LogP contribution in [0.3, 0.4) is 0 Å². The second-order valence-corrected chi connectivity index (χ2v) is 9.90. The smallest absolute Gasteiger partial charge is 0.286 e. The van der Waals surface area contributed by atoms with Crippen LogP contribution in [-0.4, -0.2) is 35.4 Å². The molecule has 7 nitrogen and oxygen atoms in total. The van der Waals surface area contributed by atoms with Gasteiger partial charge in [0.15, 0.2) is 0 Å². The van der Waals surface area contributed by atoms with Gasteiger partial charge in [-0.3, -0.25) is 4.79 Å². The molecule has 1 atom stereocenters. The third-order valence-corrected chi connectivity index (χ3v) is 7.78.